The lowest BCUT2D eigenvalue weighted by molar-refractivity contribution is -0.135. The summed E-state index contributed by atoms with van der Waals surface area (Å²) >= 11 is 0. The molecule has 2 aliphatic heterocycles. The molecular formula is C17H24N4O3. The third-order valence-corrected chi connectivity index (χ3v) is 5.68. The number of ether oxygens (including phenoxy) is 2. The van der Waals surface area contributed by atoms with Gasteiger partial charge in [0, 0.05) is 31.5 Å². The number of amides is 1. The number of nitrogens with zero attached hydrogens (tertiary/aromatic N) is 3. The summed E-state index contributed by atoms with van der Waals surface area (Å²) in [7, 11) is 1.64. The third-order valence-electron chi connectivity index (χ3n) is 5.68. The molecular weight excluding hydrogens is 308 g/mol. The normalized spacial score (nSPS) is 29.4. The highest BCUT2D eigenvalue weighted by Crippen LogP contribution is 2.46. The van der Waals surface area contributed by atoms with Gasteiger partial charge in [-0.15, -0.1) is 0 Å². The van der Waals surface area contributed by atoms with Crippen molar-refractivity contribution in [2.24, 2.45) is 17.1 Å². The maximum absolute atomic E-state index is 12.2. The van der Waals surface area contributed by atoms with E-state index in [4.69, 9.17) is 20.2 Å². The second-order valence-electron chi connectivity index (χ2n) is 7.22. The Morgan fingerprint density at radius 2 is 2.21 bits per heavy atom. The molecule has 3 heterocycles. The molecule has 7 heteroatoms. The molecule has 2 saturated heterocycles. The van der Waals surface area contributed by atoms with E-state index in [1.54, 1.807) is 7.11 Å². The number of carbonyl (C=O) groups excluding carboxylic acids is 1. The third kappa shape index (κ3) is 2.33. The molecule has 0 radical (unpaired) electrons. The van der Waals surface area contributed by atoms with E-state index in [1.807, 2.05) is 6.92 Å². The van der Waals surface area contributed by atoms with E-state index >= 15 is 0 Å². The quantitative estimate of drug-likeness (QED) is 0.884. The maximum atomic E-state index is 12.2. The number of methoxy groups -OCH3 is 1. The van der Waals surface area contributed by atoms with Gasteiger partial charge in [-0.25, -0.2) is 9.97 Å². The summed E-state index contributed by atoms with van der Waals surface area (Å²) in [6, 6.07) is 0. The summed E-state index contributed by atoms with van der Waals surface area (Å²) in [5.41, 5.74) is 6.11. The fourth-order valence-electron chi connectivity index (χ4n) is 4.06. The van der Waals surface area contributed by atoms with Crippen molar-refractivity contribution in [3.63, 3.8) is 0 Å². The first-order valence-corrected chi connectivity index (χ1v) is 8.60. The van der Waals surface area contributed by atoms with Crippen LogP contribution in [0.1, 0.15) is 36.7 Å². The predicted molar refractivity (Wildman–Crippen MR) is 88.1 cm³/mol. The zero-order chi connectivity index (χ0) is 16.9. The Morgan fingerprint density at radius 1 is 1.42 bits per heavy atom. The first kappa shape index (κ1) is 15.6. The molecule has 1 amide bonds. The number of primary amides is 1. The van der Waals surface area contributed by atoms with E-state index in [0.717, 1.165) is 30.2 Å². The van der Waals surface area contributed by atoms with E-state index < -0.39 is 5.41 Å². The van der Waals surface area contributed by atoms with Crippen molar-refractivity contribution in [2.75, 3.05) is 38.3 Å². The summed E-state index contributed by atoms with van der Waals surface area (Å²) in [5.74, 6) is 2.72. The van der Waals surface area contributed by atoms with Crippen molar-refractivity contribution < 1.29 is 14.3 Å². The van der Waals surface area contributed by atoms with Gasteiger partial charge in [-0.05, 0) is 26.2 Å². The highest BCUT2D eigenvalue weighted by molar-refractivity contribution is 5.83. The van der Waals surface area contributed by atoms with Crippen LogP contribution in [0.2, 0.25) is 0 Å². The van der Waals surface area contributed by atoms with Gasteiger partial charge in [0.1, 0.15) is 5.82 Å². The van der Waals surface area contributed by atoms with E-state index in [2.05, 4.69) is 9.88 Å². The Bertz CT molecular complexity index is 676. The topological polar surface area (TPSA) is 90.6 Å². The smallest absolute Gasteiger partial charge is 0.225 e. The number of aromatic nitrogens is 2. The average Bonchev–Trinajstić information content (AvgIpc) is 3.33. The van der Waals surface area contributed by atoms with Crippen LogP contribution in [-0.2, 0) is 9.53 Å². The Morgan fingerprint density at radius 3 is 2.83 bits per heavy atom. The highest BCUT2D eigenvalue weighted by Gasteiger charge is 2.53. The molecule has 130 valence electrons. The van der Waals surface area contributed by atoms with Gasteiger partial charge in [0.15, 0.2) is 11.6 Å². The Balaban J connectivity index is 1.72. The van der Waals surface area contributed by atoms with Crippen LogP contribution in [0.25, 0.3) is 0 Å². The van der Waals surface area contributed by atoms with Crippen molar-refractivity contribution in [1.82, 2.24) is 9.97 Å². The number of anilines is 1. The molecule has 2 atom stereocenters. The van der Waals surface area contributed by atoms with Crippen molar-refractivity contribution in [3.05, 3.63) is 11.5 Å². The van der Waals surface area contributed by atoms with Gasteiger partial charge in [-0.3, -0.25) is 4.79 Å². The molecule has 7 nitrogen and oxygen atoms in total. The number of fused-ring (bicyclic) bond motifs is 1. The molecule has 1 aliphatic carbocycles. The van der Waals surface area contributed by atoms with Gasteiger partial charge in [0.05, 0.1) is 24.8 Å². The Kier molecular flexibility index (Phi) is 3.63. The fourth-order valence-corrected chi connectivity index (χ4v) is 4.06. The number of nitrogens with two attached hydrogens (primary N) is 1. The molecule has 1 aromatic heterocycles. The summed E-state index contributed by atoms with van der Waals surface area (Å²) in [6.07, 6.45) is 2.96. The second-order valence-corrected chi connectivity index (χ2v) is 7.22. The lowest BCUT2D eigenvalue weighted by Crippen LogP contribution is -2.48. The minimum absolute atomic E-state index is 0.105. The van der Waals surface area contributed by atoms with E-state index in [-0.39, 0.29) is 11.8 Å². The van der Waals surface area contributed by atoms with Gasteiger partial charge in [-0.2, -0.15) is 0 Å². The molecule has 2 N–H and O–H groups in total. The predicted octanol–water partition coefficient (Wildman–Crippen LogP) is 0.999. The second kappa shape index (κ2) is 5.58. The molecule has 0 bridgehead atoms. The van der Waals surface area contributed by atoms with Crippen molar-refractivity contribution >= 4 is 11.7 Å². The molecule has 1 aromatic rings. The standard InChI is InChI=1S/C17H24N4O3/c1-10-13(23-2)15(20-14(19-10)11-3-4-11)21-7-12-8-24-6-5-17(12,9-21)16(18)22/h11-12H,3-9H2,1-2H3,(H2,18,22)/t12-,17+/m1/s1. The maximum Gasteiger partial charge on any atom is 0.225 e. The van der Waals surface area contributed by atoms with Crippen LogP contribution in [0.5, 0.6) is 5.75 Å². The summed E-state index contributed by atoms with van der Waals surface area (Å²) < 4.78 is 11.2. The Hall–Kier alpha value is -1.89. The molecule has 4 rings (SSSR count). The molecule has 0 spiro atoms. The molecule has 1 saturated carbocycles. The van der Waals surface area contributed by atoms with Crippen LogP contribution in [-0.4, -0.2) is 49.3 Å². The van der Waals surface area contributed by atoms with Crippen molar-refractivity contribution in [2.45, 2.75) is 32.1 Å². The van der Waals surface area contributed by atoms with Crippen LogP contribution in [0.4, 0.5) is 5.82 Å². The highest BCUT2D eigenvalue weighted by atomic mass is 16.5. The first-order valence-electron chi connectivity index (χ1n) is 8.60. The van der Waals surface area contributed by atoms with Crippen molar-refractivity contribution in [1.29, 1.82) is 0 Å². The molecule has 3 fully saturated rings. The first-order chi connectivity index (χ1) is 11.5. The number of rotatable bonds is 4. The van der Waals surface area contributed by atoms with E-state index in [0.29, 0.717) is 44.4 Å². The average molecular weight is 332 g/mol. The van der Waals surface area contributed by atoms with Gasteiger partial charge in [0.2, 0.25) is 5.91 Å². The van der Waals surface area contributed by atoms with Crippen LogP contribution >= 0.6 is 0 Å². The summed E-state index contributed by atoms with van der Waals surface area (Å²) in [4.78, 5) is 23.8. The molecule has 3 aliphatic rings. The number of hydrogen-bond donors (Lipinski definition) is 1. The zero-order valence-corrected chi connectivity index (χ0v) is 14.2. The Labute approximate surface area is 141 Å². The van der Waals surface area contributed by atoms with E-state index in [9.17, 15) is 4.79 Å². The summed E-state index contributed by atoms with van der Waals surface area (Å²) in [6.45, 7) is 4.39. The van der Waals surface area contributed by atoms with Crippen LogP contribution in [0.3, 0.4) is 0 Å². The molecule has 0 unspecified atom stereocenters. The van der Waals surface area contributed by atoms with Gasteiger partial charge in [-0.1, -0.05) is 0 Å². The van der Waals surface area contributed by atoms with Gasteiger partial charge >= 0.3 is 0 Å². The van der Waals surface area contributed by atoms with Crippen molar-refractivity contribution in [3.8, 4) is 5.75 Å². The minimum atomic E-state index is -0.526. The largest absolute Gasteiger partial charge is 0.491 e. The lowest BCUT2D eigenvalue weighted by atomic mass is 9.74. The summed E-state index contributed by atoms with van der Waals surface area (Å²) in [5, 5.41) is 0. The number of aryl methyl sites for hydroxylation is 1. The van der Waals surface area contributed by atoms with Crippen LogP contribution in [0.15, 0.2) is 0 Å². The van der Waals surface area contributed by atoms with Gasteiger partial charge in [0.25, 0.3) is 0 Å². The molecule has 0 aromatic carbocycles. The zero-order valence-electron chi connectivity index (χ0n) is 14.2. The van der Waals surface area contributed by atoms with Crippen LogP contribution in [0, 0.1) is 18.3 Å². The van der Waals surface area contributed by atoms with Gasteiger partial charge < -0.3 is 20.1 Å². The SMILES string of the molecule is COc1c(C)nc(C2CC2)nc1N1C[C@@H]2COCC[C@]2(C(N)=O)C1. The number of hydrogen-bond acceptors (Lipinski definition) is 6. The fraction of sp³-hybridized carbons (Fsp3) is 0.706. The lowest BCUT2D eigenvalue weighted by Gasteiger charge is -2.35. The minimum Gasteiger partial charge on any atom is -0.491 e. The van der Waals surface area contributed by atoms with Crippen LogP contribution < -0.4 is 15.4 Å². The molecule has 24 heavy (non-hydrogen) atoms. The monoisotopic (exact) mass is 332 g/mol. The van der Waals surface area contributed by atoms with E-state index in [1.165, 1.54) is 0 Å². The number of carbonyl (C=O) groups is 1.